The van der Waals surface area contributed by atoms with Crippen LogP contribution < -0.4 is 0 Å². The highest BCUT2D eigenvalue weighted by atomic mass is 35.5. The number of methoxy groups -OCH3 is 1. The number of carboxylic acids is 1. The number of carbonyl (C=O) groups excluding carboxylic acids is 1. The molecule has 0 aromatic carbocycles. The van der Waals surface area contributed by atoms with Crippen molar-refractivity contribution < 1.29 is 19.4 Å². The molecular formula is C37H29Cl5N4O4S6. The summed E-state index contributed by atoms with van der Waals surface area (Å²) in [6.45, 7) is 7.96. The lowest BCUT2D eigenvalue weighted by molar-refractivity contribution is -0.137. The van der Waals surface area contributed by atoms with Gasteiger partial charge >= 0.3 is 11.9 Å². The number of nitrogens with zero attached hydrogens (tertiary/aromatic N) is 4. The SMILES string of the molecule is COC(=O)CSc1nccc2sc(C)c(Cl)c12.Cc1cc2c(Cl)nccc2s1.Cc1sc2ccnc(Cl)c2c1Cl.Cc1sc2ccnc(SCC(=O)O)c2c1Cl. The Morgan fingerprint density at radius 1 is 0.625 bits per heavy atom. The van der Waals surface area contributed by atoms with Gasteiger partial charge in [-0.15, -0.1) is 45.3 Å². The Labute approximate surface area is 371 Å². The number of carbonyl (C=O) groups is 2. The maximum absolute atomic E-state index is 11.1. The first-order chi connectivity index (χ1) is 26.7. The summed E-state index contributed by atoms with van der Waals surface area (Å²) >= 11 is 39.3. The van der Waals surface area contributed by atoms with Crippen molar-refractivity contribution in [3.8, 4) is 0 Å². The van der Waals surface area contributed by atoms with E-state index in [1.165, 1.54) is 40.2 Å². The Morgan fingerprint density at radius 2 is 1.05 bits per heavy atom. The van der Waals surface area contributed by atoms with Crippen LogP contribution in [0, 0.1) is 27.7 Å². The number of aliphatic carboxylic acids is 1. The van der Waals surface area contributed by atoms with E-state index in [-0.39, 0.29) is 17.5 Å². The van der Waals surface area contributed by atoms with Crippen LogP contribution in [0.5, 0.6) is 0 Å². The highest BCUT2D eigenvalue weighted by Gasteiger charge is 2.15. The monoisotopic (exact) mass is 960 g/mol. The molecule has 0 radical (unpaired) electrons. The minimum atomic E-state index is -0.855. The summed E-state index contributed by atoms with van der Waals surface area (Å²) < 4.78 is 9.05. The third kappa shape index (κ3) is 11.0. The molecule has 0 aliphatic carbocycles. The molecule has 292 valence electrons. The van der Waals surface area contributed by atoms with Crippen molar-refractivity contribution in [2.24, 2.45) is 0 Å². The van der Waals surface area contributed by atoms with Gasteiger partial charge in [0.1, 0.15) is 20.4 Å². The molecule has 19 heteroatoms. The second-order valence-electron chi connectivity index (χ2n) is 11.3. The number of thioether (sulfide) groups is 2. The van der Waals surface area contributed by atoms with Crippen LogP contribution in [0.2, 0.25) is 25.4 Å². The third-order valence-electron chi connectivity index (χ3n) is 7.40. The molecule has 8 aromatic heterocycles. The van der Waals surface area contributed by atoms with Gasteiger partial charge in [0.2, 0.25) is 0 Å². The van der Waals surface area contributed by atoms with Gasteiger partial charge in [-0.05, 0) is 58.0 Å². The Hall–Kier alpha value is -2.47. The molecule has 0 unspecified atom stereocenters. The van der Waals surface area contributed by atoms with Gasteiger partial charge in [0.15, 0.2) is 0 Å². The molecule has 0 amide bonds. The van der Waals surface area contributed by atoms with Crippen LogP contribution in [-0.4, -0.2) is 55.6 Å². The summed E-state index contributed by atoms with van der Waals surface area (Å²) in [4.78, 5) is 42.5. The Kier molecular flexibility index (Phi) is 16.3. The molecule has 56 heavy (non-hydrogen) atoms. The minimum Gasteiger partial charge on any atom is -0.481 e. The summed E-state index contributed by atoms with van der Waals surface area (Å²) in [7, 11) is 1.37. The van der Waals surface area contributed by atoms with Gasteiger partial charge in [0.25, 0.3) is 0 Å². The normalized spacial score (nSPS) is 10.8. The molecule has 8 rings (SSSR count). The van der Waals surface area contributed by atoms with Crippen molar-refractivity contribution >= 4 is 179 Å². The predicted molar refractivity (Wildman–Crippen MR) is 244 cm³/mol. The number of carboxylic acid groups (broad SMARTS) is 1. The summed E-state index contributed by atoms with van der Waals surface area (Å²) in [5.74, 6) is -0.880. The number of esters is 1. The number of fused-ring (bicyclic) bond motifs is 4. The highest BCUT2D eigenvalue weighted by Crippen LogP contribution is 2.41. The van der Waals surface area contributed by atoms with Gasteiger partial charge in [-0.3, -0.25) is 9.59 Å². The molecule has 0 atom stereocenters. The first-order valence-corrected chi connectivity index (χ1v) is 23.1. The molecule has 0 aliphatic heterocycles. The van der Waals surface area contributed by atoms with Gasteiger partial charge in [0, 0.05) is 84.6 Å². The maximum Gasteiger partial charge on any atom is 0.316 e. The summed E-state index contributed by atoms with van der Waals surface area (Å²) in [6.07, 6.45) is 6.84. The topological polar surface area (TPSA) is 115 Å². The van der Waals surface area contributed by atoms with Crippen molar-refractivity contribution in [1.82, 2.24) is 19.9 Å². The molecule has 0 saturated heterocycles. The van der Waals surface area contributed by atoms with E-state index in [4.69, 9.17) is 63.1 Å². The molecule has 0 fully saturated rings. The number of halogens is 5. The zero-order chi connectivity index (χ0) is 40.7. The summed E-state index contributed by atoms with van der Waals surface area (Å²) in [6, 6.07) is 9.80. The van der Waals surface area contributed by atoms with E-state index in [2.05, 4.69) is 37.7 Å². The molecule has 0 saturated carbocycles. The maximum atomic E-state index is 11.1. The number of hydrogen-bond acceptors (Lipinski definition) is 13. The van der Waals surface area contributed by atoms with E-state index >= 15 is 0 Å². The number of rotatable bonds is 6. The van der Waals surface area contributed by atoms with Gasteiger partial charge in [-0.1, -0.05) is 81.5 Å². The molecule has 8 heterocycles. The lowest BCUT2D eigenvalue weighted by atomic mass is 10.3. The van der Waals surface area contributed by atoms with Crippen LogP contribution in [0.15, 0.2) is 65.2 Å². The summed E-state index contributed by atoms with van der Waals surface area (Å²) in [5, 5.41) is 17.1. The first-order valence-electron chi connectivity index (χ1n) is 16.0. The molecule has 0 bridgehead atoms. The molecule has 1 N–H and O–H groups in total. The molecular weight excluding hydrogens is 934 g/mol. The third-order valence-corrected chi connectivity index (χ3v) is 15.9. The lowest BCUT2D eigenvalue weighted by Crippen LogP contribution is -2.03. The lowest BCUT2D eigenvalue weighted by Gasteiger charge is -2.01. The number of hydrogen-bond donors (Lipinski definition) is 1. The van der Waals surface area contributed by atoms with E-state index < -0.39 is 5.97 Å². The largest absolute Gasteiger partial charge is 0.481 e. The second-order valence-corrected chi connectivity index (χ2v) is 20.1. The quantitative estimate of drug-likeness (QED) is 0.0981. The fourth-order valence-corrected chi connectivity index (χ4v) is 12.2. The van der Waals surface area contributed by atoms with Gasteiger partial charge < -0.3 is 9.84 Å². The van der Waals surface area contributed by atoms with Gasteiger partial charge in [-0.2, -0.15) is 0 Å². The van der Waals surface area contributed by atoms with E-state index in [0.717, 1.165) is 65.3 Å². The van der Waals surface area contributed by atoms with Crippen LogP contribution in [0.4, 0.5) is 0 Å². The fraction of sp³-hybridized carbons (Fsp3) is 0.189. The van der Waals surface area contributed by atoms with Crippen LogP contribution in [-0.2, 0) is 14.3 Å². The molecule has 8 nitrogen and oxygen atoms in total. The average molecular weight is 963 g/mol. The molecule has 8 aromatic rings. The minimum absolute atomic E-state index is 0.00264. The predicted octanol–water partition coefficient (Wildman–Crippen LogP) is 14.1. The number of thiophene rings is 4. The second kappa shape index (κ2) is 20.5. The Morgan fingerprint density at radius 3 is 1.52 bits per heavy atom. The van der Waals surface area contributed by atoms with Crippen molar-refractivity contribution in [3.63, 3.8) is 0 Å². The van der Waals surface area contributed by atoms with Crippen molar-refractivity contribution in [3.05, 3.63) is 100 Å². The number of ether oxygens (including phenoxy) is 1. The fourth-order valence-electron chi connectivity index (χ4n) is 4.88. The zero-order valence-corrected chi connectivity index (χ0v) is 38.6. The van der Waals surface area contributed by atoms with Crippen LogP contribution in [0.1, 0.15) is 19.5 Å². The number of aromatic nitrogens is 4. The number of pyridine rings is 4. The van der Waals surface area contributed by atoms with E-state index in [0.29, 0.717) is 20.4 Å². The van der Waals surface area contributed by atoms with E-state index in [1.54, 1.807) is 70.1 Å². The van der Waals surface area contributed by atoms with Crippen LogP contribution in [0.3, 0.4) is 0 Å². The van der Waals surface area contributed by atoms with Gasteiger partial charge in [0.05, 0.1) is 33.7 Å². The standard InChI is InChI=1S/C11H10ClNO2S2.C10H8ClNO2S2.C8H5Cl2NS.C8H6ClNS/c1-6-10(12)9-7(17-6)3-4-13-11(9)16-5-8(14)15-2;1-5-9(11)8-6(16-5)2-3-12-10(8)15-4-7(13)14;1-4-7(9)6-5(12-4)2-3-11-8(6)10;1-5-4-6-7(11-5)2-3-10-8(6)9/h3-4H,5H2,1-2H3;2-3H,4H2,1H3,(H,13,14);2-3H,1H3;2-4H,1H3. The molecule has 0 spiro atoms. The smallest absolute Gasteiger partial charge is 0.316 e. The van der Waals surface area contributed by atoms with Gasteiger partial charge in [-0.25, -0.2) is 19.9 Å². The molecule has 0 aliphatic rings. The number of aryl methyl sites for hydroxylation is 4. The van der Waals surface area contributed by atoms with Crippen LogP contribution >= 0.6 is 127 Å². The summed E-state index contributed by atoms with van der Waals surface area (Å²) in [5.41, 5.74) is 0. The van der Waals surface area contributed by atoms with E-state index in [9.17, 15) is 9.59 Å². The van der Waals surface area contributed by atoms with Crippen LogP contribution in [0.25, 0.3) is 40.3 Å². The first kappa shape index (κ1) is 44.6. The zero-order valence-electron chi connectivity index (χ0n) is 29.9. The van der Waals surface area contributed by atoms with Crippen molar-refractivity contribution in [2.75, 3.05) is 18.6 Å². The average Bonchev–Trinajstić information content (AvgIpc) is 3.88. The Bertz CT molecular complexity index is 2680. The van der Waals surface area contributed by atoms with E-state index in [1.807, 2.05) is 45.0 Å². The van der Waals surface area contributed by atoms with Crippen molar-refractivity contribution in [1.29, 1.82) is 0 Å². The highest BCUT2D eigenvalue weighted by molar-refractivity contribution is 8.00. The Balaban J connectivity index is 0.000000145. The van der Waals surface area contributed by atoms with Crippen molar-refractivity contribution in [2.45, 2.75) is 37.7 Å².